The van der Waals surface area contributed by atoms with E-state index in [4.69, 9.17) is 10.3 Å². The summed E-state index contributed by atoms with van der Waals surface area (Å²) in [6.45, 7) is 2.11. The highest BCUT2D eigenvalue weighted by Crippen LogP contribution is 2.46. The van der Waals surface area contributed by atoms with Crippen LogP contribution in [0.2, 0.25) is 0 Å². The molecule has 1 aliphatic rings. The lowest BCUT2D eigenvalue weighted by molar-refractivity contribution is 0.415. The van der Waals surface area contributed by atoms with Gasteiger partial charge in [-0.05, 0) is 12.8 Å². The highest BCUT2D eigenvalue weighted by atomic mass is 16.5. The van der Waals surface area contributed by atoms with Crippen LogP contribution in [0.1, 0.15) is 25.6 Å². The van der Waals surface area contributed by atoms with Crippen molar-refractivity contribution in [1.82, 2.24) is 20.1 Å². The molecule has 2 heterocycles. The first-order valence-electron chi connectivity index (χ1n) is 5.10. The summed E-state index contributed by atoms with van der Waals surface area (Å²) < 4.78 is 5.15. The zero-order valence-electron chi connectivity index (χ0n) is 8.84. The van der Waals surface area contributed by atoms with Gasteiger partial charge in [-0.15, -0.1) is 0 Å². The van der Waals surface area contributed by atoms with Gasteiger partial charge in [0.15, 0.2) is 17.3 Å². The lowest BCUT2D eigenvalue weighted by atomic mass is 10.1. The molecule has 0 bridgehead atoms. The Bertz CT molecular complexity index is 532. The van der Waals surface area contributed by atoms with Gasteiger partial charge in [-0.2, -0.15) is 4.98 Å². The van der Waals surface area contributed by atoms with Gasteiger partial charge in [0.25, 0.3) is 5.89 Å². The zero-order chi connectivity index (χ0) is 11.2. The van der Waals surface area contributed by atoms with Crippen LogP contribution in [0.4, 0.5) is 5.82 Å². The van der Waals surface area contributed by atoms with E-state index in [2.05, 4.69) is 27.0 Å². The minimum absolute atomic E-state index is 0.0821. The molecule has 0 aliphatic heterocycles. The molecule has 2 N–H and O–H groups in total. The second-order valence-corrected chi connectivity index (χ2v) is 4.27. The number of hydrogen-bond donors (Lipinski definition) is 1. The normalized spacial score (nSPS) is 17.3. The van der Waals surface area contributed by atoms with Crippen LogP contribution in [-0.2, 0) is 5.41 Å². The largest absolute Gasteiger partial charge is 0.382 e. The Kier molecular flexibility index (Phi) is 1.74. The summed E-state index contributed by atoms with van der Waals surface area (Å²) in [6, 6.07) is 0. The second kappa shape index (κ2) is 3.01. The van der Waals surface area contributed by atoms with Crippen LogP contribution in [0.5, 0.6) is 0 Å². The van der Waals surface area contributed by atoms with E-state index in [1.54, 1.807) is 6.20 Å². The van der Waals surface area contributed by atoms with Gasteiger partial charge in [0.1, 0.15) is 0 Å². The predicted octanol–water partition coefficient (Wildman–Crippen LogP) is 1.16. The SMILES string of the molecule is CC1(c2noc(-c3nccnc3N)n2)CC1. The van der Waals surface area contributed by atoms with E-state index in [9.17, 15) is 0 Å². The monoisotopic (exact) mass is 217 g/mol. The Balaban J connectivity index is 2.02. The molecule has 2 aromatic heterocycles. The van der Waals surface area contributed by atoms with E-state index in [1.165, 1.54) is 6.20 Å². The van der Waals surface area contributed by atoms with Gasteiger partial charge in [0.05, 0.1) is 0 Å². The van der Waals surface area contributed by atoms with Crippen molar-refractivity contribution in [1.29, 1.82) is 0 Å². The lowest BCUT2D eigenvalue weighted by Crippen LogP contribution is -2.02. The van der Waals surface area contributed by atoms with Crippen LogP contribution >= 0.6 is 0 Å². The summed E-state index contributed by atoms with van der Waals surface area (Å²) >= 11 is 0. The van der Waals surface area contributed by atoms with Crippen LogP contribution in [0.3, 0.4) is 0 Å². The number of hydrogen-bond acceptors (Lipinski definition) is 6. The summed E-state index contributed by atoms with van der Waals surface area (Å²) in [6.07, 6.45) is 5.27. The molecule has 2 aromatic rings. The maximum absolute atomic E-state index is 5.69. The van der Waals surface area contributed by atoms with Gasteiger partial charge in [0, 0.05) is 17.8 Å². The zero-order valence-corrected chi connectivity index (χ0v) is 8.84. The van der Waals surface area contributed by atoms with Crippen LogP contribution in [0.15, 0.2) is 16.9 Å². The lowest BCUT2D eigenvalue weighted by Gasteiger charge is -1.98. The van der Waals surface area contributed by atoms with E-state index in [-0.39, 0.29) is 5.41 Å². The van der Waals surface area contributed by atoms with E-state index in [0.29, 0.717) is 17.4 Å². The van der Waals surface area contributed by atoms with Crippen molar-refractivity contribution in [2.24, 2.45) is 0 Å². The predicted molar refractivity (Wildman–Crippen MR) is 56.3 cm³/mol. The van der Waals surface area contributed by atoms with E-state index >= 15 is 0 Å². The standard InChI is InChI=1S/C10H11N5O/c1-10(2-3-10)9-14-8(16-15-9)6-7(11)13-5-4-12-6/h4-5H,2-3H2,1H3,(H2,11,13). The molecular formula is C10H11N5O. The van der Waals surface area contributed by atoms with Gasteiger partial charge in [-0.3, -0.25) is 0 Å². The highest BCUT2D eigenvalue weighted by molar-refractivity contribution is 5.61. The van der Waals surface area contributed by atoms with Crippen molar-refractivity contribution in [3.63, 3.8) is 0 Å². The molecule has 16 heavy (non-hydrogen) atoms. The van der Waals surface area contributed by atoms with Crippen LogP contribution < -0.4 is 5.73 Å². The minimum Gasteiger partial charge on any atom is -0.382 e. The summed E-state index contributed by atoms with van der Waals surface area (Å²) in [5.74, 6) is 1.37. The van der Waals surface area contributed by atoms with Crippen molar-refractivity contribution in [2.45, 2.75) is 25.2 Å². The molecule has 1 aliphatic carbocycles. The summed E-state index contributed by atoms with van der Waals surface area (Å²) in [4.78, 5) is 12.3. The number of nitrogen functional groups attached to an aromatic ring is 1. The van der Waals surface area contributed by atoms with Gasteiger partial charge in [-0.25, -0.2) is 9.97 Å². The molecule has 82 valence electrons. The molecule has 6 heteroatoms. The Hall–Kier alpha value is -1.98. The van der Waals surface area contributed by atoms with Gasteiger partial charge < -0.3 is 10.3 Å². The number of anilines is 1. The van der Waals surface area contributed by atoms with Gasteiger partial charge in [0.2, 0.25) is 0 Å². The molecule has 1 fully saturated rings. The Morgan fingerprint density at radius 1 is 1.31 bits per heavy atom. The number of nitrogens with two attached hydrogens (primary N) is 1. The van der Waals surface area contributed by atoms with Crippen molar-refractivity contribution in [3.8, 4) is 11.6 Å². The molecular weight excluding hydrogens is 206 g/mol. The summed E-state index contributed by atoms with van der Waals surface area (Å²) in [5, 5.41) is 3.96. The molecule has 0 atom stereocenters. The van der Waals surface area contributed by atoms with E-state index < -0.39 is 0 Å². The Labute approximate surface area is 91.9 Å². The van der Waals surface area contributed by atoms with Gasteiger partial charge >= 0.3 is 0 Å². The topological polar surface area (TPSA) is 90.7 Å². The average molecular weight is 217 g/mol. The molecule has 0 amide bonds. The first-order chi connectivity index (χ1) is 7.69. The van der Waals surface area contributed by atoms with E-state index in [0.717, 1.165) is 18.7 Å². The Morgan fingerprint density at radius 3 is 2.75 bits per heavy atom. The quantitative estimate of drug-likeness (QED) is 0.811. The second-order valence-electron chi connectivity index (χ2n) is 4.27. The molecule has 0 unspecified atom stereocenters. The molecule has 6 nitrogen and oxygen atoms in total. The first-order valence-corrected chi connectivity index (χ1v) is 5.10. The van der Waals surface area contributed by atoms with Crippen LogP contribution in [0.25, 0.3) is 11.6 Å². The summed E-state index contributed by atoms with van der Waals surface area (Å²) in [5.41, 5.74) is 6.22. The number of aromatic nitrogens is 4. The Morgan fingerprint density at radius 2 is 2.06 bits per heavy atom. The average Bonchev–Trinajstić information content (AvgIpc) is 2.84. The first kappa shape index (κ1) is 9.26. The fourth-order valence-electron chi connectivity index (χ4n) is 1.49. The fourth-order valence-corrected chi connectivity index (χ4v) is 1.49. The third-order valence-electron chi connectivity index (χ3n) is 2.89. The number of rotatable bonds is 2. The molecule has 0 aromatic carbocycles. The van der Waals surface area contributed by atoms with Crippen molar-refractivity contribution in [3.05, 3.63) is 18.2 Å². The maximum atomic E-state index is 5.69. The third-order valence-corrected chi connectivity index (χ3v) is 2.89. The van der Waals surface area contributed by atoms with Crippen molar-refractivity contribution in [2.75, 3.05) is 5.73 Å². The smallest absolute Gasteiger partial charge is 0.280 e. The van der Waals surface area contributed by atoms with Crippen LogP contribution in [-0.4, -0.2) is 20.1 Å². The maximum Gasteiger partial charge on any atom is 0.280 e. The fraction of sp³-hybridized carbons (Fsp3) is 0.400. The molecule has 0 radical (unpaired) electrons. The molecule has 3 rings (SSSR count). The van der Waals surface area contributed by atoms with Crippen molar-refractivity contribution >= 4 is 5.82 Å². The van der Waals surface area contributed by atoms with Gasteiger partial charge in [-0.1, -0.05) is 12.1 Å². The number of nitrogens with zero attached hydrogens (tertiary/aromatic N) is 4. The molecule has 0 saturated heterocycles. The van der Waals surface area contributed by atoms with Crippen molar-refractivity contribution < 1.29 is 4.52 Å². The highest BCUT2D eigenvalue weighted by Gasteiger charge is 2.43. The third kappa shape index (κ3) is 1.34. The summed E-state index contributed by atoms with van der Waals surface area (Å²) in [7, 11) is 0. The van der Waals surface area contributed by atoms with Crippen LogP contribution in [0, 0.1) is 0 Å². The minimum atomic E-state index is 0.0821. The molecule has 0 spiro atoms. The molecule has 1 saturated carbocycles. The van der Waals surface area contributed by atoms with E-state index in [1.807, 2.05) is 0 Å².